The van der Waals surface area contributed by atoms with E-state index < -0.39 is 0 Å². The van der Waals surface area contributed by atoms with Gasteiger partial charge in [0.1, 0.15) is 5.82 Å². The quantitative estimate of drug-likeness (QED) is 0.574. The number of hydrogen-bond acceptors (Lipinski definition) is 2. The van der Waals surface area contributed by atoms with Crippen molar-refractivity contribution in [3.8, 4) is 0 Å². The Bertz CT molecular complexity index is 384. The zero-order chi connectivity index (χ0) is 13.5. The average molecular weight is 263 g/mol. The predicted octanol–water partition coefficient (Wildman–Crippen LogP) is 3.25. The summed E-state index contributed by atoms with van der Waals surface area (Å²) in [5.74, 6) is 0.425. The molecule has 0 aliphatic heterocycles. The van der Waals surface area contributed by atoms with Crippen molar-refractivity contribution in [2.45, 2.75) is 31.2 Å². The van der Waals surface area contributed by atoms with Crippen molar-refractivity contribution in [2.75, 3.05) is 19.8 Å². The van der Waals surface area contributed by atoms with Crippen LogP contribution in [0.4, 0.5) is 4.39 Å². The lowest BCUT2D eigenvalue weighted by atomic mass is 9.76. The molecule has 0 atom stereocenters. The number of nitrogens with one attached hydrogen (secondary N) is 1. The predicted molar refractivity (Wildman–Crippen MR) is 75.8 cm³/mol. The summed E-state index contributed by atoms with van der Waals surface area (Å²) in [5.41, 5.74) is 1.25. The Morgan fingerprint density at radius 1 is 1.26 bits per heavy atom. The van der Waals surface area contributed by atoms with E-state index >= 15 is 0 Å². The molecule has 0 radical (unpaired) electrons. The first-order valence-corrected chi connectivity index (χ1v) is 6.97. The minimum Gasteiger partial charge on any atom is -0.380 e. The molecule has 2 nitrogen and oxygen atoms in total. The van der Waals surface area contributed by atoms with Gasteiger partial charge in [0.25, 0.3) is 0 Å². The second kappa shape index (κ2) is 7.41. The molecule has 1 saturated carbocycles. The van der Waals surface area contributed by atoms with Gasteiger partial charge in [-0.15, -0.1) is 6.58 Å². The maximum Gasteiger partial charge on any atom is 0.123 e. The number of halogens is 1. The van der Waals surface area contributed by atoms with Crippen LogP contribution >= 0.6 is 0 Å². The Labute approximate surface area is 114 Å². The molecule has 1 aromatic carbocycles. The molecule has 104 valence electrons. The summed E-state index contributed by atoms with van der Waals surface area (Å²) in [5, 5.41) is 3.48. The van der Waals surface area contributed by atoms with Crippen molar-refractivity contribution >= 4 is 0 Å². The third kappa shape index (κ3) is 4.44. The van der Waals surface area contributed by atoms with Gasteiger partial charge in [0.15, 0.2) is 0 Å². The fourth-order valence-electron chi connectivity index (χ4n) is 2.40. The minimum absolute atomic E-state index is 0.158. The van der Waals surface area contributed by atoms with Gasteiger partial charge < -0.3 is 10.1 Å². The fraction of sp³-hybridized carbons (Fsp3) is 0.500. The van der Waals surface area contributed by atoms with Crippen LogP contribution < -0.4 is 5.32 Å². The van der Waals surface area contributed by atoms with Crippen molar-refractivity contribution in [1.29, 1.82) is 0 Å². The van der Waals surface area contributed by atoms with E-state index in [-0.39, 0.29) is 5.82 Å². The molecule has 0 amide bonds. The van der Waals surface area contributed by atoms with Crippen LogP contribution in [0.15, 0.2) is 36.9 Å². The first kappa shape index (κ1) is 14.2. The molecule has 1 fully saturated rings. The summed E-state index contributed by atoms with van der Waals surface area (Å²) in [7, 11) is 0. The topological polar surface area (TPSA) is 21.3 Å². The SMILES string of the molecule is C=CCCOCCNC1CC(c2ccc(F)cc2)C1. The van der Waals surface area contributed by atoms with Gasteiger partial charge in [-0.3, -0.25) is 0 Å². The monoisotopic (exact) mass is 263 g/mol. The Balaban J connectivity index is 1.56. The lowest BCUT2D eigenvalue weighted by Crippen LogP contribution is -2.41. The number of benzene rings is 1. The summed E-state index contributed by atoms with van der Waals surface area (Å²) >= 11 is 0. The maximum absolute atomic E-state index is 12.8. The average Bonchev–Trinajstić information content (AvgIpc) is 2.37. The molecule has 19 heavy (non-hydrogen) atoms. The fourth-order valence-corrected chi connectivity index (χ4v) is 2.40. The highest BCUT2D eigenvalue weighted by atomic mass is 19.1. The second-order valence-corrected chi connectivity index (χ2v) is 5.06. The van der Waals surface area contributed by atoms with Gasteiger partial charge in [-0.05, 0) is 42.9 Å². The van der Waals surface area contributed by atoms with Gasteiger partial charge in [-0.1, -0.05) is 18.2 Å². The molecular formula is C16H22FNO. The van der Waals surface area contributed by atoms with Gasteiger partial charge in [0.05, 0.1) is 13.2 Å². The van der Waals surface area contributed by atoms with Crippen LogP contribution in [0.25, 0.3) is 0 Å². The lowest BCUT2D eigenvalue weighted by Gasteiger charge is -2.36. The number of rotatable bonds is 8. The van der Waals surface area contributed by atoms with Crippen LogP contribution in [0.5, 0.6) is 0 Å². The number of ether oxygens (including phenoxy) is 1. The van der Waals surface area contributed by atoms with Crippen molar-refractivity contribution in [1.82, 2.24) is 5.32 Å². The normalized spacial score (nSPS) is 21.9. The van der Waals surface area contributed by atoms with Gasteiger partial charge >= 0.3 is 0 Å². The number of hydrogen-bond donors (Lipinski definition) is 1. The molecule has 0 aromatic heterocycles. The zero-order valence-corrected chi connectivity index (χ0v) is 11.3. The molecule has 0 bridgehead atoms. The molecule has 1 aliphatic carbocycles. The van der Waals surface area contributed by atoms with Gasteiger partial charge in [0.2, 0.25) is 0 Å². The highest BCUT2D eigenvalue weighted by Gasteiger charge is 2.29. The van der Waals surface area contributed by atoms with Gasteiger partial charge in [-0.2, -0.15) is 0 Å². The molecular weight excluding hydrogens is 241 g/mol. The van der Waals surface area contributed by atoms with Crippen LogP contribution in [0.2, 0.25) is 0 Å². The molecule has 1 N–H and O–H groups in total. The Kier molecular flexibility index (Phi) is 5.55. The van der Waals surface area contributed by atoms with E-state index in [1.807, 2.05) is 18.2 Å². The van der Waals surface area contributed by atoms with Crippen molar-refractivity contribution in [2.24, 2.45) is 0 Å². The van der Waals surface area contributed by atoms with E-state index in [0.29, 0.717) is 12.0 Å². The van der Waals surface area contributed by atoms with E-state index in [0.717, 1.165) is 39.0 Å². The summed E-state index contributed by atoms with van der Waals surface area (Å²) in [4.78, 5) is 0. The van der Waals surface area contributed by atoms with Gasteiger partial charge in [0, 0.05) is 12.6 Å². The molecule has 0 heterocycles. The zero-order valence-electron chi connectivity index (χ0n) is 11.3. The van der Waals surface area contributed by atoms with Crippen molar-refractivity contribution in [3.05, 3.63) is 48.3 Å². The second-order valence-electron chi connectivity index (χ2n) is 5.06. The molecule has 1 aromatic rings. The minimum atomic E-state index is -0.158. The van der Waals surface area contributed by atoms with E-state index in [1.165, 1.54) is 5.56 Å². The highest BCUT2D eigenvalue weighted by molar-refractivity contribution is 5.23. The van der Waals surface area contributed by atoms with Gasteiger partial charge in [-0.25, -0.2) is 4.39 Å². The highest BCUT2D eigenvalue weighted by Crippen LogP contribution is 2.36. The first-order chi connectivity index (χ1) is 9.29. The molecule has 0 saturated heterocycles. The third-order valence-electron chi connectivity index (χ3n) is 3.63. The summed E-state index contributed by atoms with van der Waals surface area (Å²) in [6.07, 6.45) is 5.05. The summed E-state index contributed by atoms with van der Waals surface area (Å²) in [6, 6.07) is 7.47. The van der Waals surface area contributed by atoms with E-state index in [2.05, 4.69) is 11.9 Å². The standard InChI is InChI=1S/C16H22FNO/c1-2-3-9-19-10-8-18-16-11-14(12-16)13-4-6-15(17)7-5-13/h2,4-7,14,16,18H,1,3,8-12H2. The Morgan fingerprint density at radius 3 is 2.68 bits per heavy atom. The van der Waals surface area contributed by atoms with Crippen LogP contribution in [-0.2, 0) is 4.74 Å². The van der Waals surface area contributed by atoms with Crippen LogP contribution in [0.1, 0.15) is 30.7 Å². The van der Waals surface area contributed by atoms with E-state index in [1.54, 1.807) is 12.1 Å². The van der Waals surface area contributed by atoms with Crippen LogP contribution in [0, 0.1) is 5.82 Å². The Morgan fingerprint density at radius 2 is 2.00 bits per heavy atom. The summed E-state index contributed by atoms with van der Waals surface area (Å²) in [6.45, 7) is 6.07. The van der Waals surface area contributed by atoms with E-state index in [4.69, 9.17) is 4.74 Å². The molecule has 0 unspecified atom stereocenters. The van der Waals surface area contributed by atoms with Crippen LogP contribution in [-0.4, -0.2) is 25.8 Å². The molecule has 2 rings (SSSR count). The first-order valence-electron chi connectivity index (χ1n) is 6.97. The molecule has 0 spiro atoms. The third-order valence-corrected chi connectivity index (χ3v) is 3.63. The maximum atomic E-state index is 12.8. The Hall–Kier alpha value is -1.19. The van der Waals surface area contributed by atoms with Crippen molar-refractivity contribution in [3.63, 3.8) is 0 Å². The van der Waals surface area contributed by atoms with E-state index in [9.17, 15) is 4.39 Å². The molecule has 3 heteroatoms. The summed E-state index contributed by atoms with van der Waals surface area (Å²) < 4.78 is 18.3. The molecule has 1 aliphatic rings. The van der Waals surface area contributed by atoms with Crippen molar-refractivity contribution < 1.29 is 9.13 Å². The van der Waals surface area contributed by atoms with Crippen LogP contribution in [0.3, 0.4) is 0 Å². The largest absolute Gasteiger partial charge is 0.380 e. The smallest absolute Gasteiger partial charge is 0.123 e. The lowest BCUT2D eigenvalue weighted by molar-refractivity contribution is 0.133.